The first-order valence-corrected chi connectivity index (χ1v) is 15.0. The fourth-order valence-corrected chi connectivity index (χ4v) is 5.64. The average Bonchev–Trinajstić information content (AvgIpc) is 3.65. The quantitative estimate of drug-likeness (QED) is 0.170. The Balaban J connectivity index is 1.35. The zero-order valence-electron chi connectivity index (χ0n) is 25.7. The number of rotatable bonds is 9. The highest BCUT2D eigenvalue weighted by Crippen LogP contribution is 2.41. The highest BCUT2D eigenvalue weighted by atomic mass is 32.1. The summed E-state index contributed by atoms with van der Waals surface area (Å²) in [4.78, 5) is 7.56. The standard InChI is InChI=1S/C37H29N5O3S/c1-37(2)34(33(23-40)36(45-37)26(21-38)22-39)19-18-32-24-41-35(46-32)20-7-25-5-8-27(9-6-25)42(28-10-14-30(43-3)15-11-28)29-12-16-31(44-4)17-13-29/h5-20,24H,1-4H3/b19-18+,20-7+. The summed E-state index contributed by atoms with van der Waals surface area (Å²) < 4.78 is 16.5. The molecule has 2 heterocycles. The van der Waals surface area contributed by atoms with Crippen molar-refractivity contribution in [3.8, 4) is 29.7 Å². The molecule has 0 bridgehead atoms. The monoisotopic (exact) mass is 623 g/mol. The number of allylic oxidation sites excluding steroid dienone is 2. The number of thiazole rings is 1. The molecule has 5 rings (SSSR count). The van der Waals surface area contributed by atoms with Crippen LogP contribution in [0.5, 0.6) is 11.5 Å². The van der Waals surface area contributed by atoms with Crippen LogP contribution < -0.4 is 14.4 Å². The van der Waals surface area contributed by atoms with Crippen LogP contribution in [-0.4, -0.2) is 24.8 Å². The van der Waals surface area contributed by atoms with E-state index in [0.717, 1.165) is 44.0 Å². The van der Waals surface area contributed by atoms with E-state index in [1.807, 2.05) is 78.9 Å². The van der Waals surface area contributed by atoms with Gasteiger partial charge in [-0.25, -0.2) is 4.98 Å². The van der Waals surface area contributed by atoms with E-state index in [-0.39, 0.29) is 16.9 Å². The number of hydrogen-bond donors (Lipinski definition) is 0. The lowest BCUT2D eigenvalue weighted by molar-refractivity contribution is 0.0954. The molecule has 0 N–H and O–H groups in total. The van der Waals surface area contributed by atoms with Crippen LogP contribution in [0.25, 0.3) is 18.2 Å². The van der Waals surface area contributed by atoms with E-state index in [9.17, 15) is 15.8 Å². The summed E-state index contributed by atoms with van der Waals surface area (Å²) in [5.41, 5.74) is 3.68. The van der Waals surface area contributed by atoms with Gasteiger partial charge in [-0.15, -0.1) is 11.3 Å². The molecule has 0 saturated carbocycles. The van der Waals surface area contributed by atoms with Crippen LogP contribution >= 0.6 is 11.3 Å². The Morgan fingerprint density at radius 1 is 0.783 bits per heavy atom. The normalized spacial score (nSPS) is 13.6. The Hall–Kier alpha value is -6.08. The van der Waals surface area contributed by atoms with Crippen LogP contribution in [0.1, 0.15) is 29.3 Å². The van der Waals surface area contributed by atoms with Crippen LogP contribution in [0, 0.1) is 34.0 Å². The molecule has 3 aromatic carbocycles. The maximum atomic E-state index is 9.76. The van der Waals surface area contributed by atoms with Crippen molar-refractivity contribution in [2.75, 3.05) is 19.1 Å². The molecule has 46 heavy (non-hydrogen) atoms. The van der Waals surface area contributed by atoms with Gasteiger partial charge in [-0.2, -0.15) is 15.8 Å². The van der Waals surface area contributed by atoms with Crippen LogP contribution in [0.2, 0.25) is 0 Å². The van der Waals surface area contributed by atoms with Gasteiger partial charge in [0.2, 0.25) is 0 Å². The van der Waals surface area contributed by atoms with E-state index >= 15 is 0 Å². The zero-order chi connectivity index (χ0) is 32.7. The van der Waals surface area contributed by atoms with E-state index in [4.69, 9.17) is 14.2 Å². The Morgan fingerprint density at radius 3 is 1.83 bits per heavy atom. The van der Waals surface area contributed by atoms with Crippen LogP contribution in [-0.2, 0) is 4.74 Å². The van der Waals surface area contributed by atoms with Gasteiger partial charge in [0.05, 0.1) is 14.2 Å². The summed E-state index contributed by atoms with van der Waals surface area (Å²) in [6.07, 6.45) is 9.36. The van der Waals surface area contributed by atoms with Crippen molar-refractivity contribution in [2.45, 2.75) is 19.4 Å². The van der Waals surface area contributed by atoms with Gasteiger partial charge in [0.15, 0.2) is 11.3 Å². The molecule has 0 spiro atoms. The van der Waals surface area contributed by atoms with Crippen molar-refractivity contribution in [2.24, 2.45) is 0 Å². The van der Waals surface area contributed by atoms with Crippen molar-refractivity contribution >= 4 is 46.6 Å². The summed E-state index contributed by atoms with van der Waals surface area (Å²) in [7, 11) is 3.31. The molecule has 1 aliphatic heterocycles. The van der Waals surface area contributed by atoms with Gasteiger partial charge in [0, 0.05) is 33.7 Å². The maximum Gasteiger partial charge on any atom is 0.172 e. The molecule has 0 unspecified atom stereocenters. The molecule has 0 amide bonds. The van der Waals surface area contributed by atoms with Gasteiger partial charge in [-0.3, -0.25) is 0 Å². The maximum absolute atomic E-state index is 9.76. The predicted octanol–water partition coefficient (Wildman–Crippen LogP) is 8.74. The van der Waals surface area contributed by atoms with E-state index in [1.54, 1.807) is 40.3 Å². The van der Waals surface area contributed by atoms with Gasteiger partial charge in [0.25, 0.3) is 0 Å². The second-order valence-corrected chi connectivity index (χ2v) is 11.6. The van der Waals surface area contributed by atoms with Crippen molar-refractivity contribution < 1.29 is 14.2 Å². The first-order valence-electron chi connectivity index (χ1n) is 14.2. The van der Waals surface area contributed by atoms with Crippen molar-refractivity contribution in [1.29, 1.82) is 15.8 Å². The van der Waals surface area contributed by atoms with E-state index < -0.39 is 5.60 Å². The highest BCUT2D eigenvalue weighted by Gasteiger charge is 2.38. The number of nitrogens with zero attached hydrogens (tertiary/aromatic N) is 5. The van der Waals surface area contributed by atoms with Crippen molar-refractivity contribution in [3.63, 3.8) is 0 Å². The second kappa shape index (κ2) is 13.7. The molecule has 0 radical (unpaired) electrons. The third kappa shape index (κ3) is 6.69. The largest absolute Gasteiger partial charge is 0.497 e. The van der Waals surface area contributed by atoms with Gasteiger partial charge >= 0.3 is 0 Å². The fourth-order valence-electron chi connectivity index (χ4n) is 4.91. The lowest BCUT2D eigenvalue weighted by Gasteiger charge is -2.26. The predicted molar refractivity (Wildman–Crippen MR) is 180 cm³/mol. The third-order valence-corrected chi connectivity index (χ3v) is 8.18. The third-order valence-electron chi connectivity index (χ3n) is 7.25. The molecule has 226 valence electrons. The van der Waals surface area contributed by atoms with Crippen molar-refractivity contribution in [1.82, 2.24) is 4.98 Å². The minimum atomic E-state index is -0.869. The zero-order valence-corrected chi connectivity index (χ0v) is 26.5. The molecule has 8 nitrogen and oxygen atoms in total. The number of nitriles is 3. The SMILES string of the molecule is COc1ccc(N(c2ccc(/C=C/c3ncc(/C=C/C4=C(C#N)C(=C(C#N)C#N)OC4(C)C)s3)cc2)c2ccc(OC)cc2)cc1. The van der Waals surface area contributed by atoms with Gasteiger partial charge in [-0.1, -0.05) is 24.3 Å². The first kappa shape index (κ1) is 31.3. The topological polar surface area (TPSA) is 115 Å². The van der Waals surface area contributed by atoms with Gasteiger partial charge < -0.3 is 19.1 Å². The van der Waals surface area contributed by atoms with Crippen LogP contribution in [0.15, 0.2) is 108 Å². The molecular weight excluding hydrogens is 595 g/mol. The van der Waals surface area contributed by atoms with E-state index in [0.29, 0.717) is 5.57 Å². The minimum Gasteiger partial charge on any atom is -0.497 e. The van der Waals surface area contributed by atoms with Gasteiger partial charge in [0.1, 0.15) is 45.9 Å². The molecule has 0 saturated heterocycles. The Bertz CT molecular complexity index is 1920. The lowest BCUT2D eigenvalue weighted by Crippen LogP contribution is -2.20. The molecule has 1 aliphatic rings. The van der Waals surface area contributed by atoms with Crippen LogP contribution in [0.3, 0.4) is 0 Å². The number of benzene rings is 3. The summed E-state index contributed by atoms with van der Waals surface area (Å²) in [5.74, 6) is 1.60. The lowest BCUT2D eigenvalue weighted by atomic mass is 9.94. The smallest absolute Gasteiger partial charge is 0.172 e. The molecule has 0 atom stereocenters. The number of aromatic nitrogens is 1. The molecule has 0 fully saturated rings. The number of methoxy groups -OCH3 is 2. The fraction of sp³-hybridized carbons (Fsp3) is 0.135. The Labute approximate surface area is 272 Å². The van der Waals surface area contributed by atoms with Crippen LogP contribution in [0.4, 0.5) is 17.1 Å². The molecule has 0 aliphatic carbocycles. The minimum absolute atomic E-state index is 0.0206. The molecule has 4 aromatic rings. The molecule has 9 heteroatoms. The summed E-state index contributed by atoms with van der Waals surface area (Å²) >= 11 is 1.49. The number of anilines is 3. The first-order chi connectivity index (χ1) is 22.3. The Kier molecular flexibility index (Phi) is 9.33. The average molecular weight is 624 g/mol. The highest BCUT2D eigenvalue weighted by molar-refractivity contribution is 7.13. The molecular formula is C37H29N5O3S. The molecule has 1 aromatic heterocycles. The van der Waals surface area contributed by atoms with E-state index in [1.165, 1.54) is 11.3 Å². The van der Waals surface area contributed by atoms with E-state index in [2.05, 4.69) is 40.2 Å². The van der Waals surface area contributed by atoms with Crippen molar-refractivity contribution in [3.05, 3.63) is 123 Å². The Morgan fingerprint density at radius 2 is 1.33 bits per heavy atom. The summed E-state index contributed by atoms with van der Waals surface area (Å²) in [6.45, 7) is 3.59. The second-order valence-electron chi connectivity index (χ2n) is 10.5. The summed E-state index contributed by atoms with van der Waals surface area (Å²) in [6, 6.07) is 29.8. The number of hydrogen-bond acceptors (Lipinski definition) is 9. The van der Waals surface area contributed by atoms with Gasteiger partial charge in [-0.05, 0) is 92.2 Å². The summed E-state index contributed by atoms with van der Waals surface area (Å²) in [5, 5.41) is 29.1. The number of ether oxygens (including phenoxy) is 3.